The molecule has 0 unspecified atom stereocenters. The number of rotatable bonds is 6. The van der Waals surface area contributed by atoms with Crippen molar-refractivity contribution in [3.05, 3.63) is 56.5 Å². The number of nitrogens with one attached hydrogen (secondary N) is 2. The van der Waals surface area contributed by atoms with Crippen LogP contribution in [0, 0.1) is 24.0 Å². The normalized spacial score (nSPS) is 10.7. The third kappa shape index (κ3) is 4.89. The summed E-state index contributed by atoms with van der Waals surface area (Å²) in [5, 5.41) is 17.4. The number of anilines is 1. The Morgan fingerprint density at radius 3 is 2.78 bits per heavy atom. The maximum Gasteiger partial charge on any atom is 0.324 e. The van der Waals surface area contributed by atoms with E-state index in [2.05, 4.69) is 15.8 Å². The van der Waals surface area contributed by atoms with Crippen molar-refractivity contribution in [2.75, 3.05) is 11.9 Å². The van der Waals surface area contributed by atoms with E-state index in [9.17, 15) is 14.9 Å². The van der Waals surface area contributed by atoms with Crippen LogP contribution in [-0.2, 0) is 4.79 Å². The molecule has 0 saturated heterocycles. The summed E-state index contributed by atoms with van der Waals surface area (Å²) in [6, 6.07) is 8.89. The predicted octanol–water partition coefficient (Wildman–Crippen LogP) is 2.84. The van der Waals surface area contributed by atoms with Crippen LogP contribution >= 0.6 is 11.3 Å². The number of carbonyl (C=O) groups is 1. The van der Waals surface area contributed by atoms with Gasteiger partial charge in [-0.1, -0.05) is 29.0 Å². The number of nitro groups is 1. The smallest absolute Gasteiger partial charge is 0.324 e. The summed E-state index contributed by atoms with van der Waals surface area (Å²) in [7, 11) is 0. The first kappa shape index (κ1) is 16.6. The molecule has 23 heavy (non-hydrogen) atoms. The molecule has 1 aromatic carbocycles. The van der Waals surface area contributed by atoms with Crippen molar-refractivity contribution in [1.29, 1.82) is 0 Å². The van der Waals surface area contributed by atoms with E-state index in [4.69, 9.17) is 0 Å². The Hall–Kier alpha value is -2.74. The molecule has 2 rings (SSSR count). The van der Waals surface area contributed by atoms with E-state index in [0.717, 1.165) is 28.2 Å². The molecule has 8 heteroatoms. The van der Waals surface area contributed by atoms with Crippen LogP contribution in [0.15, 0.2) is 35.4 Å². The van der Waals surface area contributed by atoms with Gasteiger partial charge in [0.25, 0.3) is 5.91 Å². The molecule has 2 N–H and O–H groups in total. The average Bonchev–Trinajstić information content (AvgIpc) is 2.95. The molecule has 0 saturated carbocycles. The first-order chi connectivity index (χ1) is 11.0. The minimum absolute atomic E-state index is 0.0364. The van der Waals surface area contributed by atoms with Crippen molar-refractivity contribution in [1.82, 2.24) is 5.43 Å². The molecule has 0 radical (unpaired) electrons. The van der Waals surface area contributed by atoms with Gasteiger partial charge in [-0.05, 0) is 31.5 Å². The molecule has 0 aliphatic heterocycles. The van der Waals surface area contributed by atoms with Gasteiger partial charge < -0.3 is 5.32 Å². The van der Waals surface area contributed by atoms with E-state index in [0.29, 0.717) is 4.88 Å². The summed E-state index contributed by atoms with van der Waals surface area (Å²) in [6.45, 7) is 4.06. The number of hydrazone groups is 1. The predicted molar refractivity (Wildman–Crippen MR) is 91.1 cm³/mol. The van der Waals surface area contributed by atoms with Gasteiger partial charge in [0.15, 0.2) is 0 Å². The second-order valence-electron chi connectivity index (χ2n) is 4.90. The van der Waals surface area contributed by atoms with Crippen LogP contribution in [-0.4, -0.2) is 23.6 Å². The molecule has 1 aromatic heterocycles. The molecule has 0 aliphatic carbocycles. The van der Waals surface area contributed by atoms with Gasteiger partial charge in [-0.15, -0.1) is 0 Å². The van der Waals surface area contributed by atoms with Gasteiger partial charge in [0.05, 0.1) is 22.6 Å². The zero-order chi connectivity index (χ0) is 16.8. The molecule has 2 aromatic rings. The molecule has 7 nitrogen and oxygen atoms in total. The topological polar surface area (TPSA) is 96.6 Å². The van der Waals surface area contributed by atoms with Crippen LogP contribution in [0.3, 0.4) is 0 Å². The van der Waals surface area contributed by atoms with Crippen molar-refractivity contribution in [3.8, 4) is 0 Å². The van der Waals surface area contributed by atoms with Crippen LogP contribution in [0.5, 0.6) is 0 Å². The lowest BCUT2D eigenvalue weighted by Crippen LogP contribution is -2.26. The third-order valence-corrected chi connectivity index (χ3v) is 3.97. The third-order valence-electron chi connectivity index (χ3n) is 2.99. The molecule has 120 valence electrons. The lowest BCUT2D eigenvalue weighted by Gasteiger charge is -2.09. The van der Waals surface area contributed by atoms with Crippen molar-refractivity contribution < 1.29 is 9.72 Å². The molecule has 0 bridgehead atoms. The van der Waals surface area contributed by atoms with Crippen molar-refractivity contribution in [2.24, 2.45) is 5.10 Å². The number of nitrogens with zero attached hydrogens (tertiary/aromatic N) is 2. The quantitative estimate of drug-likeness (QED) is 0.483. The number of amides is 1. The van der Waals surface area contributed by atoms with Gasteiger partial charge in [-0.3, -0.25) is 14.9 Å². The molecule has 0 spiro atoms. The van der Waals surface area contributed by atoms with E-state index in [1.807, 2.05) is 32.0 Å². The number of carbonyl (C=O) groups excluding carboxylic acids is 1. The van der Waals surface area contributed by atoms with Gasteiger partial charge >= 0.3 is 5.00 Å². The second kappa shape index (κ2) is 7.50. The van der Waals surface area contributed by atoms with E-state index >= 15 is 0 Å². The number of aryl methyl sites for hydroxylation is 2. The Morgan fingerprint density at radius 1 is 1.35 bits per heavy atom. The van der Waals surface area contributed by atoms with Crippen LogP contribution in [0.25, 0.3) is 0 Å². The fourth-order valence-corrected chi connectivity index (χ4v) is 2.60. The molecule has 1 amide bonds. The van der Waals surface area contributed by atoms with Crippen LogP contribution < -0.4 is 10.7 Å². The van der Waals surface area contributed by atoms with E-state index in [1.54, 1.807) is 6.07 Å². The fourth-order valence-electron chi connectivity index (χ4n) is 1.90. The van der Waals surface area contributed by atoms with Crippen molar-refractivity contribution in [2.45, 2.75) is 13.8 Å². The summed E-state index contributed by atoms with van der Waals surface area (Å²) >= 11 is 0.991. The highest BCUT2D eigenvalue weighted by Gasteiger charge is 2.08. The first-order valence-electron chi connectivity index (χ1n) is 6.83. The Morgan fingerprint density at radius 2 is 2.13 bits per heavy atom. The van der Waals surface area contributed by atoms with E-state index in [1.165, 1.54) is 12.3 Å². The zero-order valence-electron chi connectivity index (χ0n) is 12.7. The maximum absolute atomic E-state index is 11.7. The summed E-state index contributed by atoms with van der Waals surface area (Å²) in [5.74, 6) is -0.299. The van der Waals surface area contributed by atoms with Crippen molar-refractivity contribution in [3.63, 3.8) is 0 Å². The van der Waals surface area contributed by atoms with Crippen LogP contribution in [0.2, 0.25) is 0 Å². The van der Waals surface area contributed by atoms with Gasteiger partial charge in [-0.25, -0.2) is 5.43 Å². The minimum atomic E-state index is -0.464. The number of hydrogen-bond acceptors (Lipinski definition) is 6. The van der Waals surface area contributed by atoms with E-state index in [-0.39, 0.29) is 17.5 Å². The highest BCUT2D eigenvalue weighted by atomic mass is 32.1. The summed E-state index contributed by atoms with van der Waals surface area (Å²) in [4.78, 5) is 22.4. The Balaban J connectivity index is 1.82. The largest absolute Gasteiger partial charge is 0.376 e. The molecule has 0 atom stereocenters. The summed E-state index contributed by atoms with van der Waals surface area (Å²) in [6.07, 6.45) is 1.38. The Kier molecular flexibility index (Phi) is 5.42. The number of benzene rings is 1. The highest BCUT2D eigenvalue weighted by molar-refractivity contribution is 7.16. The average molecular weight is 332 g/mol. The number of hydrogen-bond donors (Lipinski definition) is 2. The molecule has 0 aliphatic rings. The Labute approximate surface area is 137 Å². The van der Waals surface area contributed by atoms with E-state index < -0.39 is 4.92 Å². The molecular formula is C15H16N4O3S. The number of thiophene rings is 1. The van der Waals surface area contributed by atoms with Crippen molar-refractivity contribution >= 4 is 34.1 Å². The molecule has 0 fully saturated rings. The van der Waals surface area contributed by atoms with Gasteiger partial charge in [0, 0.05) is 11.8 Å². The van der Waals surface area contributed by atoms with Gasteiger partial charge in [0.2, 0.25) is 0 Å². The first-order valence-corrected chi connectivity index (χ1v) is 7.64. The van der Waals surface area contributed by atoms with Gasteiger partial charge in [-0.2, -0.15) is 5.10 Å². The second-order valence-corrected chi connectivity index (χ2v) is 5.99. The molecule has 1 heterocycles. The standard InChI is InChI=1S/C15H16N4O3S/c1-10-3-5-13(11(2)7-10)16-9-14(20)18-17-8-12-4-6-15(23-12)19(21)22/h3-8,16H,9H2,1-2H3,(H,18,20)/b17-8+. The monoisotopic (exact) mass is 332 g/mol. The zero-order valence-corrected chi connectivity index (χ0v) is 13.5. The van der Waals surface area contributed by atoms with Crippen LogP contribution in [0.4, 0.5) is 10.7 Å². The Bertz CT molecular complexity index is 755. The summed E-state index contributed by atoms with van der Waals surface area (Å²) in [5.41, 5.74) is 5.49. The lowest BCUT2D eigenvalue weighted by atomic mass is 10.1. The maximum atomic E-state index is 11.7. The molecular weight excluding hydrogens is 316 g/mol. The van der Waals surface area contributed by atoms with Gasteiger partial charge in [0.1, 0.15) is 0 Å². The summed E-state index contributed by atoms with van der Waals surface area (Å²) < 4.78 is 0. The fraction of sp³-hybridized carbons (Fsp3) is 0.200. The lowest BCUT2D eigenvalue weighted by molar-refractivity contribution is -0.380. The SMILES string of the molecule is Cc1ccc(NCC(=O)N/N=C/c2ccc([N+](=O)[O-])s2)c(C)c1. The van der Waals surface area contributed by atoms with Crippen LogP contribution in [0.1, 0.15) is 16.0 Å². The minimum Gasteiger partial charge on any atom is -0.376 e. The highest BCUT2D eigenvalue weighted by Crippen LogP contribution is 2.22.